The average molecular weight is 364 g/mol. The third-order valence-electron chi connectivity index (χ3n) is 4.44. The van der Waals surface area contributed by atoms with Crippen LogP contribution in [0.2, 0.25) is 0 Å². The monoisotopic (exact) mass is 364 g/mol. The standard InChI is InChI=1S/C20H10F2N2OS/c21-13-8-3-9-14(22)16(13)19(25)24-20-23-17-11-6-1-4-10-5-2-7-12(15(10)11)18(17)26-20/h1-9H,(H,23,24,25). The fourth-order valence-electron chi connectivity index (χ4n) is 3.34. The van der Waals surface area contributed by atoms with Crippen molar-refractivity contribution in [1.29, 1.82) is 0 Å². The number of hydrogen-bond donors (Lipinski definition) is 1. The van der Waals surface area contributed by atoms with Gasteiger partial charge in [0.1, 0.15) is 17.2 Å². The molecule has 1 N–H and O–H groups in total. The molecule has 1 aliphatic carbocycles. The average Bonchev–Trinajstić information content (AvgIpc) is 3.15. The molecule has 26 heavy (non-hydrogen) atoms. The normalized spacial score (nSPS) is 11.6. The molecule has 3 nitrogen and oxygen atoms in total. The smallest absolute Gasteiger partial charge is 0.263 e. The Labute approximate surface area is 150 Å². The lowest BCUT2D eigenvalue weighted by molar-refractivity contribution is 0.101. The summed E-state index contributed by atoms with van der Waals surface area (Å²) < 4.78 is 27.6. The maximum absolute atomic E-state index is 13.8. The molecular weight excluding hydrogens is 354 g/mol. The number of carbonyl (C=O) groups is 1. The number of nitrogens with zero attached hydrogens (tertiary/aromatic N) is 1. The van der Waals surface area contributed by atoms with Gasteiger partial charge in [-0.3, -0.25) is 10.1 Å². The molecule has 1 heterocycles. The minimum absolute atomic E-state index is 0.314. The Bertz CT molecular complexity index is 1140. The number of rotatable bonds is 2. The highest BCUT2D eigenvalue weighted by Crippen LogP contribution is 2.50. The highest BCUT2D eigenvalue weighted by molar-refractivity contribution is 7.20. The number of nitrogens with one attached hydrogen (secondary N) is 1. The van der Waals surface area contributed by atoms with E-state index < -0.39 is 23.1 Å². The minimum atomic E-state index is -0.901. The third-order valence-corrected chi connectivity index (χ3v) is 5.45. The van der Waals surface area contributed by atoms with Crippen molar-refractivity contribution in [2.24, 2.45) is 0 Å². The van der Waals surface area contributed by atoms with Crippen LogP contribution in [0.25, 0.3) is 32.5 Å². The molecule has 5 rings (SSSR count). The molecule has 4 aromatic rings. The van der Waals surface area contributed by atoms with Crippen LogP contribution in [0, 0.1) is 11.6 Å². The molecule has 126 valence electrons. The fourth-order valence-corrected chi connectivity index (χ4v) is 4.35. The SMILES string of the molecule is O=C(Nc1nc2c(s1)-c1cccc3cccc-2c13)c1c(F)cccc1F. The number of halogens is 2. The van der Waals surface area contributed by atoms with E-state index in [1.165, 1.54) is 17.4 Å². The number of thiazole rings is 1. The van der Waals surface area contributed by atoms with E-state index in [2.05, 4.69) is 10.3 Å². The summed E-state index contributed by atoms with van der Waals surface area (Å²) in [6, 6.07) is 15.3. The molecule has 0 saturated carbocycles. The summed E-state index contributed by atoms with van der Waals surface area (Å²) in [5, 5.41) is 5.10. The zero-order valence-electron chi connectivity index (χ0n) is 13.2. The molecule has 1 amide bonds. The van der Waals surface area contributed by atoms with Gasteiger partial charge >= 0.3 is 0 Å². The second-order valence-corrected chi connectivity index (χ2v) is 6.96. The summed E-state index contributed by atoms with van der Waals surface area (Å²) >= 11 is 1.30. The Kier molecular flexibility index (Phi) is 3.17. The molecule has 3 aromatic carbocycles. The summed E-state index contributed by atoms with van der Waals surface area (Å²) in [6.07, 6.45) is 0. The lowest BCUT2D eigenvalue weighted by Crippen LogP contribution is -2.15. The number of carbonyl (C=O) groups excluding carboxylic acids is 1. The van der Waals surface area contributed by atoms with Crippen molar-refractivity contribution in [3.63, 3.8) is 0 Å². The molecule has 0 unspecified atom stereocenters. The van der Waals surface area contributed by atoms with Gasteiger partial charge < -0.3 is 0 Å². The van der Waals surface area contributed by atoms with Gasteiger partial charge in [0.25, 0.3) is 5.91 Å². The zero-order chi connectivity index (χ0) is 17.8. The van der Waals surface area contributed by atoms with Crippen LogP contribution in [-0.4, -0.2) is 10.9 Å². The van der Waals surface area contributed by atoms with Crippen LogP contribution >= 0.6 is 11.3 Å². The maximum Gasteiger partial charge on any atom is 0.263 e. The Morgan fingerprint density at radius 1 is 0.923 bits per heavy atom. The highest BCUT2D eigenvalue weighted by Gasteiger charge is 2.26. The second-order valence-electron chi connectivity index (χ2n) is 5.96. The predicted octanol–water partition coefficient (Wildman–Crippen LogP) is 5.47. The first kappa shape index (κ1) is 15.2. The summed E-state index contributed by atoms with van der Waals surface area (Å²) in [5.41, 5.74) is 2.24. The number of anilines is 1. The van der Waals surface area contributed by atoms with Gasteiger partial charge in [0.2, 0.25) is 0 Å². The predicted molar refractivity (Wildman–Crippen MR) is 98.4 cm³/mol. The summed E-state index contributed by atoms with van der Waals surface area (Å²) in [7, 11) is 0. The molecule has 0 saturated heterocycles. The van der Waals surface area contributed by atoms with E-state index in [1.807, 2.05) is 36.4 Å². The molecule has 0 fully saturated rings. The third kappa shape index (κ3) is 2.09. The van der Waals surface area contributed by atoms with Crippen molar-refractivity contribution in [1.82, 2.24) is 4.98 Å². The van der Waals surface area contributed by atoms with Gasteiger partial charge in [0.05, 0.1) is 10.6 Å². The Hall–Kier alpha value is -3.12. The summed E-state index contributed by atoms with van der Waals surface area (Å²) in [4.78, 5) is 17.7. The number of fused-ring (bicyclic) bond motifs is 3. The van der Waals surface area contributed by atoms with E-state index in [0.717, 1.165) is 44.6 Å². The molecule has 0 aliphatic heterocycles. The first-order valence-electron chi connectivity index (χ1n) is 7.92. The Balaban J connectivity index is 1.56. The van der Waals surface area contributed by atoms with Gasteiger partial charge in [0.15, 0.2) is 5.13 Å². The molecule has 0 bridgehead atoms. The number of benzene rings is 3. The van der Waals surface area contributed by atoms with Gasteiger partial charge in [-0.25, -0.2) is 13.8 Å². The molecular formula is C20H10F2N2OS. The van der Waals surface area contributed by atoms with Crippen LogP contribution in [-0.2, 0) is 0 Å². The van der Waals surface area contributed by atoms with Crippen molar-refractivity contribution in [3.05, 3.63) is 71.8 Å². The number of aromatic nitrogens is 1. The molecule has 0 spiro atoms. The van der Waals surface area contributed by atoms with Crippen LogP contribution < -0.4 is 5.32 Å². The number of hydrogen-bond acceptors (Lipinski definition) is 3. The van der Waals surface area contributed by atoms with E-state index in [0.29, 0.717) is 5.13 Å². The van der Waals surface area contributed by atoms with Crippen LogP contribution in [0.1, 0.15) is 10.4 Å². The second kappa shape index (κ2) is 5.44. The number of amides is 1. The lowest BCUT2D eigenvalue weighted by atomic mass is 10.0. The van der Waals surface area contributed by atoms with Gasteiger partial charge in [0, 0.05) is 11.1 Å². The van der Waals surface area contributed by atoms with Crippen molar-refractivity contribution in [2.75, 3.05) is 5.32 Å². The van der Waals surface area contributed by atoms with Crippen molar-refractivity contribution >= 4 is 33.1 Å². The van der Waals surface area contributed by atoms with Crippen LogP contribution in [0.5, 0.6) is 0 Å². The summed E-state index contributed by atoms with van der Waals surface area (Å²) in [5.74, 6) is -2.65. The van der Waals surface area contributed by atoms with Crippen LogP contribution in [0.15, 0.2) is 54.6 Å². The molecule has 1 aliphatic rings. The lowest BCUT2D eigenvalue weighted by Gasteiger charge is -2.05. The zero-order valence-corrected chi connectivity index (χ0v) is 14.0. The van der Waals surface area contributed by atoms with Gasteiger partial charge in [-0.2, -0.15) is 0 Å². The first-order chi connectivity index (χ1) is 12.6. The first-order valence-corrected chi connectivity index (χ1v) is 8.74. The fraction of sp³-hybridized carbons (Fsp3) is 0. The maximum atomic E-state index is 13.8. The highest BCUT2D eigenvalue weighted by atomic mass is 32.1. The van der Waals surface area contributed by atoms with Crippen molar-refractivity contribution in [3.8, 4) is 21.7 Å². The molecule has 1 aromatic heterocycles. The van der Waals surface area contributed by atoms with Crippen LogP contribution in [0.3, 0.4) is 0 Å². The largest absolute Gasteiger partial charge is 0.298 e. The molecule has 0 radical (unpaired) electrons. The quantitative estimate of drug-likeness (QED) is 0.451. The topological polar surface area (TPSA) is 42.0 Å². The summed E-state index contributed by atoms with van der Waals surface area (Å²) in [6.45, 7) is 0. The van der Waals surface area contributed by atoms with Gasteiger partial charge in [-0.05, 0) is 22.9 Å². The minimum Gasteiger partial charge on any atom is -0.298 e. The van der Waals surface area contributed by atoms with E-state index >= 15 is 0 Å². The van der Waals surface area contributed by atoms with E-state index in [4.69, 9.17) is 0 Å². The molecule has 6 heteroatoms. The van der Waals surface area contributed by atoms with E-state index in [1.54, 1.807) is 0 Å². The Morgan fingerprint density at radius 3 is 2.31 bits per heavy atom. The van der Waals surface area contributed by atoms with E-state index in [-0.39, 0.29) is 0 Å². The van der Waals surface area contributed by atoms with Crippen molar-refractivity contribution < 1.29 is 13.6 Å². The Morgan fingerprint density at radius 2 is 1.58 bits per heavy atom. The van der Waals surface area contributed by atoms with E-state index in [9.17, 15) is 13.6 Å². The molecule has 0 atom stereocenters. The van der Waals surface area contributed by atoms with Crippen LogP contribution in [0.4, 0.5) is 13.9 Å². The van der Waals surface area contributed by atoms with Gasteiger partial charge in [-0.15, -0.1) is 0 Å². The van der Waals surface area contributed by atoms with Crippen molar-refractivity contribution in [2.45, 2.75) is 0 Å². The van der Waals surface area contributed by atoms with Gasteiger partial charge in [-0.1, -0.05) is 53.8 Å².